The molecule has 1 unspecified atom stereocenters. The zero-order chi connectivity index (χ0) is 12.9. The molecule has 1 atom stereocenters. The van der Waals surface area contributed by atoms with Crippen molar-refractivity contribution in [1.29, 1.82) is 0 Å². The van der Waals surface area contributed by atoms with Crippen LogP contribution in [0.25, 0.3) is 0 Å². The molecule has 0 aromatic heterocycles. The number of hydrogen-bond acceptors (Lipinski definition) is 3. The summed E-state index contributed by atoms with van der Waals surface area (Å²) in [5.41, 5.74) is 0.405. The second-order valence-electron chi connectivity index (χ2n) is 6.41. The summed E-state index contributed by atoms with van der Waals surface area (Å²) < 4.78 is 5.77. The van der Waals surface area contributed by atoms with E-state index < -0.39 is 0 Å². The number of rotatable bonds is 6. The maximum Gasteiger partial charge on any atom is 0.0753 e. The van der Waals surface area contributed by atoms with Gasteiger partial charge >= 0.3 is 0 Å². The third-order valence-electron chi connectivity index (χ3n) is 3.57. The van der Waals surface area contributed by atoms with E-state index in [9.17, 15) is 0 Å². The fourth-order valence-corrected chi connectivity index (χ4v) is 3.04. The van der Waals surface area contributed by atoms with Crippen LogP contribution < -0.4 is 5.32 Å². The van der Waals surface area contributed by atoms with Gasteiger partial charge in [0.2, 0.25) is 0 Å². The van der Waals surface area contributed by atoms with E-state index in [0.29, 0.717) is 5.41 Å². The van der Waals surface area contributed by atoms with Gasteiger partial charge in [0.15, 0.2) is 0 Å². The first-order valence-corrected chi connectivity index (χ1v) is 6.92. The maximum absolute atomic E-state index is 5.77. The van der Waals surface area contributed by atoms with E-state index in [2.05, 4.69) is 45.0 Å². The zero-order valence-corrected chi connectivity index (χ0v) is 12.3. The van der Waals surface area contributed by atoms with Crippen LogP contribution in [0, 0.1) is 5.41 Å². The quantitative estimate of drug-likeness (QED) is 0.772. The van der Waals surface area contributed by atoms with Crippen molar-refractivity contribution in [3.8, 4) is 0 Å². The molecule has 0 aliphatic carbocycles. The van der Waals surface area contributed by atoms with Gasteiger partial charge in [-0.05, 0) is 32.7 Å². The summed E-state index contributed by atoms with van der Waals surface area (Å²) in [7, 11) is 2.05. The van der Waals surface area contributed by atoms with Crippen LogP contribution in [-0.2, 0) is 4.74 Å². The first kappa shape index (κ1) is 14.9. The topological polar surface area (TPSA) is 24.5 Å². The molecule has 0 radical (unpaired) electrons. The van der Waals surface area contributed by atoms with Crippen LogP contribution in [0.4, 0.5) is 0 Å². The van der Waals surface area contributed by atoms with Crippen LogP contribution >= 0.6 is 0 Å². The number of morpholine rings is 1. The molecule has 3 nitrogen and oxygen atoms in total. The summed E-state index contributed by atoms with van der Waals surface area (Å²) in [5.74, 6) is 0. The summed E-state index contributed by atoms with van der Waals surface area (Å²) in [5, 5.41) is 3.35. The highest BCUT2D eigenvalue weighted by Gasteiger charge is 2.32. The van der Waals surface area contributed by atoms with Crippen LogP contribution in [0.2, 0.25) is 0 Å². The summed E-state index contributed by atoms with van der Waals surface area (Å²) >= 11 is 0. The van der Waals surface area contributed by atoms with E-state index in [-0.39, 0.29) is 5.60 Å². The standard InChI is InChI=1S/C14H30N2O/c1-6-7-14(4,10-15-5)12-16-8-9-17-13(2,3)11-16/h15H,6-12H2,1-5H3. The number of nitrogens with one attached hydrogen (secondary N) is 1. The molecule has 0 aromatic carbocycles. The van der Waals surface area contributed by atoms with Crippen LogP contribution in [0.15, 0.2) is 0 Å². The van der Waals surface area contributed by atoms with Gasteiger partial charge in [-0.3, -0.25) is 4.90 Å². The van der Waals surface area contributed by atoms with Crippen LogP contribution in [-0.4, -0.2) is 50.3 Å². The zero-order valence-electron chi connectivity index (χ0n) is 12.3. The Morgan fingerprint density at radius 2 is 2.12 bits per heavy atom. The molecule has 1 N–H and O–H groups in total. The van der Waals surface area contributed by atoms with E-state index in [0.717, 1.165) is 26.2 Å². The van der Waals surface area contributed by atoms with E-state index in [1.165, 1.54) is 19.4 Å². The second-order valence-corrected chi connectivity index (χ2v) is 6.41. The van der Waals surface area contributed by atoms with Crippen LogP contribution in [0.3, 0.4) is 0 Å². The minimum absolute atomic E-state index is 0.0189. The Labute approximate surface area is 107 Å². The second kappa shape index (κ2) is 6.17. The fourth-order valence-electron chi connectivity index (χ4n) is 3.04. The van der Waals surface area contributed by atoms with Gasteiger partial charge in [-0.1, -0.05) is 20.3 Å². The van der Waals surface area contributed by atoms with Gasteiger partial charge in [0, 0.05) is 26.2 Å². The van der Waals surface area contributed by atoms with E-state index >= 15 is 0 Å². The normalized spacial score (nSPS) is 24.5. The van der Waals surface area contributed by atoms with Crippen molar-refractivity contribution in [3.63, 3.8) is 0 Å². The van der Waals surface area contributed by atoms with Gasteiger partial charge in [0.25, 0.3) is 0 Å². The lowest BCUT2D eigenvalue weighted by Crippen LogP contribution is -2.52. The molecular formula is C14H30N2O. The molecule has 102 valence electrons. The lowest BCUT2D eigenvalue weighted by molar-refractivity contribution is -0.0937. The number of ether oxygens (including phenoxy) is 1. The van der Waals surface area contributed by atoms with Crippen molar-refractivity contribution >= 4 is 0 Å². The predicted molar refractivity (Wildman–Crippen MR) is 73.4 cm³/mol. The molecule has 3 heteroatoms. The average molecular weight is 242 g/mol. The van der Waals surface area contributed by atoms with E-state index in [1.54, 1.807) is 0 Å². The van der Waals surface area contributed by atoms with Crippen molar-refractivity contribution in [2.75, 3.05) is 39.8 Å². The Morgan fingerprint density at radius 1 is 1.41 bits per heavy atom. The van der Waals surface area contributed by atoms with Gasteiger partial charge in [0.05, 0.1) is 12.2 Å². The molecule has 0 spiro atoms. The summed E-state index contributed by atoms with van der Waals surface area (Å²) in [6.07, 6.45) is 2.54. The molecule has 0 amide bonds. The molecule has 17 heavy (non-hydrogen) atoms. The Balaban J connectivity index is 2.54. The lowest BCUT2D eigenvalue weighted by atomic mass is 9.84. The third kappa shape index (κ3) is 4.94. The molecule has 1 saturated heterocycles. The average Bonchev–Trinajstić information content (AvgIpc) is 2.15. The van der Waals surface area contributed by atoms with Gasteiger partial charge in [-0.25, -0.2) is 0 Å². The van der Waals surface area contributed by atoms with Crippen molar-refractivity contribution < 1.29 is 4.74 Å². The fraction of sp³-hybridized carbons (Fsp3) is 1.00. The summed E-state index contributed by atoms with van der Waals surface area (Å²) in [4.78, 5) is 2.57. The predicted octanol–water partition coefficient (Wildman–Crippen LogP) is 2.12. The number of nitrogens with zero attached hydrogens (tertiary/aromatic N) is 1. The minimum Gasteiger partial charge on any atom is -0.373 e. The molecule has 1 rings (SSSR count). The first-order valence-electron chi connectivity index (χ1n) is 6.92. The Morgan fingerprint density at radius 3 is 2.65 bits per heavy atom. The smallest absolute Gasteiger partial charge is 0.0753 e. The molecule has 0 bridgehead atoms. The highest BCUT2D eigenvalue weighted by molar-refractivity contribution is 4.85. The molecule has 1 fully saturated rings. The van der Waals surface area contributed by atoms with Gasteiger partial charge in [-0.2, -0.15) is 0 Å². The molecule has 0 saturated carbocycles. The van der Waals surface area contributed by atoms with E-state index in [1.807, 2.05) is 0 Å². The largest absolute Gasteiger partial charge is 0.373 e. The summed E-state index contributed by atoms with van der Waals surface area (Å²) in [6, 6.07) is 0. The van der Waals surface area contributed by atoms with Crippen molar-refractivity contribution in [3.05, 3.63) is 0 Å². The highest BCUT2D eigenvalue weighted by Crippen LogP contribution is 2.26. The highest BCUT2D eigenvalue weighted by atomic mass is 16.5. The Bertz CT molecular complexity index is 222. The first-order chi connectivity index (χ1) is 7.91. The van der Waals surface area contributed by atoms with Gasteiger partial charge in [-0.15, -0.1) is 0 Å². The van der Waals surface area contributed by atoms with Crippen molar-refractivity contribution in [2.24, 2.45) is 5.41 Å². The van der Waals surface area contributed by atoms with Crippen molar-refractivity contribution in [2.45, 2.75) is 46.1 Å². The monoisotopic (exact) mass is 242 g/mol. The Hall–Kier alpha value is -0.120. The SMILES string of the molecule is CCCC(C)(CNC)CN1CCOC(C)(C)C1. The third-order valence-corrected chi connectivity index (χ3v) is 3.57. The van der Waals surface area contributed by atoms with Crippen molar-refractivity contribution in [1.82, 2.24) is 10.2 Å². The van der Waals surface area contributed by atoms with Crippen LogP contribution in [0.1, 0.15) is 40.5 Å². The van der Waals surface area contributed by atoms with E-state index in [4.69, 9.17) is 4.74 Å². The lowest BCUT2D eigenvalue weighted by Gasteiger charge is -2.42. The number of hydrogen-bond donors (Lipinski definition) is 1. The molecule has 1 aliphatic rings. The van der Waals surface area contributed by atoms with Gasteiger partial charge in [0.1, 0.15) is 0 Å². The molecular weight excluding hydrogens is 212 g/mol. The van der Waals surface area contributed by atoms with Gasteiger partial charge < -0.3 is 10.1 Å². The maximum atomic E-state index is 5.77. The minimum atomic E-state index is 0.0189. The molecule has 1 aliphatic heterocycles. The van der Waals surface area contributed by atoms with Crippen LogP contribution in [0.5, 0.6) is 0 Å². The Kier molecular flexibility index (Phi) is 5.42. The molecule has 1 heterocycles. The molecule has 0 aromatic rings. The summed E-state index contributed by atoms with van der Waals surface area (Å²) in [6.45, 7) is 14.3.